The van der Waals surface area contributed by atoms with Crippen LogP contribution < -0.4 is 0 Å². The van der Waals surface area contributed by atoms with Crippen molar-refractivity contribution in [2.75, 3.05) is 0 Å². The minimum absolute atomic E-state index is 0.0149. The summed E-state index contributed by atoms with van der Waals surface area (Å²) in [6.07, 6.45) is 13.7. The largest absolute Gasteiger partial charge is 0.294 e. The first-order chi connectivity index (χ1) is 11.5. The molecule has 0 aliphatic rings. The van der Waals surface area contributed by atoms with Crippen LogP contribution in [-0.2, 0) is 10.1 Å². The predicted octanol–water partition coefficient (Wildman–Crippen LogP) is 6.35. The maximum atomic E-state index is 11.2. The molecule has 0 aliphatic carbocycles. The van der Waals surface area contributed by atoms with Crippen LogP contribution in [-0.4, -0.2) is 13.0 Å². The van der Waals surface area contributed by atoms with Crippen LogP contribution in [0.15, 0.2) is 29.2 Å². The molecular weight excluding hydrogens is 320 g/mol. The van der Waals surface area contributed by atoms with Crippen molar-refractivity contribution in [2.24, 2.45) is 0 Å². The van der Waals surface area contributed by atoms with Crippen LogP contribution in [0.1, 0.15) is 96.0 Å². The molecule has 3 nitrogen and oxygen atoms in total. The topological polar surface area (TPSA) is 54.4 Å². The highest BCUT2D eigenvalue weighted by Gasteiger charge is 2.14. The van der Waals surface area contributed by atoms with Crippen molar-refractivity contribution in [3.05, 3.63) is 29.8 Å². The SMILES string of the molecule is CCCCCCCC(CCCCCC)c1ccc(S(=O)(=O)O)cc1. The Labute approximate surface area is 148 Å². The van der Waals surface area contributed by atoms with Gasteiger partial charge in [0.05, 0.1) is 4.90 Å². The van der Waals surface area contributed by atoms with Crippen LogP contribution >= 0.6 is 0 Å². The third kappa shape index (κ3) is 8.29. The molecule has 138 valence electrons. The molecule has 0 saturated heterocycles. The molecule has 0 amide bonds. The zero-order chi connectivity index (χ0) is 17.8. The van der Waals surface area contributed by atoms with E-state index < -0.39 is 10.1 Å². The number of benzene rings is 1. The van der Waals surface area contributed by atoms with Gasteiger partial charge >= 0.3 is 0 Å². The van der Waals surface area contributed by atoms with E-state index in [0.717, 1.165) is 0 Å². The van der Waals surface area contributed by atoms with E-state index in [1.165, 1.54) is 88.3 Å². The third-order valence-electron chi connectivity index (χ3n) is 4.71. The standard InChI is InChI=1S/C20H34O3S/c1-3-5-7-9-11-13-18(12-10-8-6-4-2)19-14-16-20(17-15-19)24(21,22)23/h14-18H,3-13H2,1-2H3,(H,21,22,23). The smallest absolute Gasteiger partial charge is 0.282 e. The van der Waals surface area contributed by atoms with Crippen LogP contribution in [0.5, 0.6) is 0 Å². The van der Waals surface area contributed by atoms with Gasteiger partial charge in [-0.05, 0) is 36.5 Å². The third-order valence-corrected chi connectivity index (χ3v) is 5.58. The van der Waals surface area contributed by atoms with Crippen molar-refractivity contribution in [1.29, 1.82) is 0 Å². The Morgan fingerprint density at radius 2 is 1.25 bits per heavy atom. The molecule has 0 radical (unpaired) electrons. The van der Waals surface area contributed by atoms with Gasteiger partial charge in [0.15, 0.2) is 0 Å². The summed E-state index contributed by atoms with van der Waals surface area (Å²) in [5.74, 6) is 0.499. The van der Waals surface area contributed by atoms with Crippen LogP contribution in [0.25, 0.3) is 0 Å². The van der Waals surface area contributed by atoms with Gasteiger partial charge in [0, 0.05) is 0 Å². The molecule has 0 heterocycles. The minimum atomic E-state index is -4.10. The van der Waals surface area contributed by atoms with Gasteiger partial charge in [0.25, 0.3) is 10.1 Å². The lowest BCUT2D eigenvalue weighted by molar-refractivity contribution is 0.482. The highest BCUT2D eigenvalue weighted by atomic mass is 32.2. The van der Waals surface area contributed by atoms with E-state index in [1.54, 1.807) is 0 Å². The Morgan fingerprint density at radius 3 is 1.71 bits per heavy atom. The fourth-order valence-corrected chi connectivity index (χ4v) is 3.68. The van der Waals surface area contributed by atoms with Gasteiger partial charge in [-0.25, -0.2) is 0 Å². The molecule has 1 rings (SSSR count). The molecule has 0 aromatic heterocycles. The highest BCUT2D eigenvalue weighted by molar-refractivity contribution is 7.85. The van der Waals surface area contributed by atoms with Gasteiger partial charge in [-0.1, -0.05) is 83.8 Å². The average Bonchev–Trinajstić information content (AvgIpc) is 2.56. The first-order valence-corrected chi connectivity index (χ1v) is 11.0. The second-order valence-electron chi connectivity index (χ2n) is 6.79. The molecule has 1 aromatic carbocycles. The zero-order valence-electron chi connectivity index (χ0n) is 15.3. The van der Waals surface area contributed by atoms with E-state index in [-0.39, 0.29) is 4.90 Å². The van der Waals surface area contributed by atoms with E-state index in [2.05, 4.69) is 13.8 Å². The normalized spacial score (nSPS) is 13.1. The van der Waals surface area contributed by atoms with Crippen molar-refractivity contribution in [2.45, 2.75) is 95.3 Å². The summed E-state index contributed by atoms with van der Waals surface area (Å²) in [5.41, 5.74) is 1.20. The monoisotopic (exact) mass is 354 g/mol. The Balaban J connectivity index is 2.64. The van der Waals surface area contributed by atoms with E-state index in [4.69, 9.17) is 4.55 Å². The van der Waals surface area contributed by atoms with Gasteiger partial charge in [0.1, 0.15) is 0 Å². The lowest BCUT2D eigenvalue weighted by atomic mass is 9.88. The fraction of sp³-hybridized carbons (Fsp3) is 0.700. The Kier molecular flexibility index (Phi) is 10.3. The Bertz CT molecular complexity index is 535. The predicted molar refractivity (Wildman–Crippen MR) is 101 cm³/mol. The minimum Gasteiger partial charge on any atom is -0.282 e. The first kappa shape index (κ1) is 21.2. The van der Waals surface area contributed by atoms with Gasteiger partial charge in [-0.2, -0.15) is 8.42 Å². The molecule has 0 aliphatic heterocycles. The van der Waals surface area contributed by atoms with Gasteiger partial charge in [-0.3, -0.25) is 4.55 Å². The van der Waals surface area contributed by atoms with Gasteiger partial charge in [-0.15, -0.1) is 0 Å². The van der Waals surface area contributed by atoms with Crippen LogP contribution in [0.3, 0.4) is 0 Å². The molecule has 1 atom stereocenters. The molecule has 0 saturated carbocycles. The number of unbranched alkanes of at least 4 members (excludes halogenated alkanes) is 7. The molecule has 24 heavy (non-hydrogen) atoms. The lowest BCUT2D eigenvalue weighted by Gasteiger charge is -2.18. The van der Waals surface area contributed by atoms with E-state index >= 15 is 0 Å². The quantitative estimate of drug-likeness (QED) is 0.332. The molecule has 1 unspecified atom stereocenters. The summed E-state index contributed by atoms with van der Waals surface area (Å²) in [7, 11) is -4.10. The second kappa shape index (κ2) is 11.6. The zero-order valence-corrected chi connectivity index (χ0v) is 16.2. The molecule has 1 aromatic rings. The second-order valence-corrected chi connectivity index (χ2v) is 8.21. The summed E-state index contributed by atoms with van der Waals surface area (Å²) >= 11 is 0. The number of hydrogen-bond donors (Lipinski definition) is 1. The van der Waals surface area contributed by atoms with Crippen molar-refractivity contribution < 1.29 is 13.0 Å². The van der Waals surface area contributed by atoms with Crippen molar-refractivity contribution in [1.82, 2.24) is 0 Å². The molecule has 1 N–H and O–H groups in total. The summed E-state index contributed by atoms with van der Waals surface area (Å²) in [5, 5.41) is 0. The average molecular weight is 355 g/mol. The Hall–Kier alpha value is -0.870. The summed E-state index contributed by atoms with van der Waals surface area (Å²) in [6.45, 7) is 4.45. The maximum Gasteiger partial charge on any atom is 0.294 e. The molecular formula is C20H34O3S. The summed E-state index contributed by atoms with van der Waals surface area (Å²) in [4.78, 5) is -0.0149. The van der Waals surface area contributed by atoms with Crippen LogP contribution in [0.4, 0.5) is 0 Å². The first-order valence-electron chi connectivity index (χ1n) is 9.56. The van der Waals surface area contributed by atoms with Gasteiger partial charge in [0.2, 0.25) is 0 Å². The van der Waals surface area contributed by atoms with Crippen LogP contribution in [0, 0.1) is 0 Å². The maximum absolute atomic E-state index is 11.2. The summed E-state index contributed by atoms with van der Waals surface area (Å²) < 4.78 is 31.5. The molecule has 4 heteroatoms. The van der Waals surface area contributed by atoms with Crippen molar-refractivity contribution >= 4 is 10.1 Å². The lowest BCUT2D eigenvalue weighted by Crippen LogP contribution is -2.02. The molecule has 0 bridgehead atoms. The fourth-order valence-electron chi connectivity index (χ4n) is 3.20. The number of hydrogen-bond acceptors (Lipinski definition) is 2. The van der Waals surface area contributed by atoms with E-state index in [1.807, 2.05) is 12.1 Å². The van der Waals surface area contributed by atoms with Crippen molar-refractivity contribution in [3.63, 3.8) is 0 Å². The van der Waals surface area contributed by atoms with Crippen molar-refractivity contribution in [3.8, 4) is 0 Å². The molecule has 0 spiro atoms. The summed E-state index contributed by atoms with van der Waals surface area (Å²) in [6, 6.07) is 6.81. The molecule has 0 fully saturated rings. The number of rotatable bonds is 13. The van der Waals surface area contributed by atoms with E-state index in [9.17, 15) is 8.42 Å². The van der Waals surface area contributed by atoms with E-state index in [0.29, 0.717) is 5.92 Å². The van der Waals surface area contributed by atoms with Crippen LogP contribution in [0.2, 0.25) is 0 Å². The Morgan fingerprint density at radius 1 is 0.792 bits per heavy atom. The highest BCUT2D eigenvalue weighted by Crippen LogP contribution is 2.29. The van der Waals surface area contributed by atoms with Gasteiger partial charge < -0.3 is 0 Å².